The Kier molecular flexibility index (Phi) is 29.5. The fourth-order valence-corrected chi connectivity index (χ4v) is 20.2. The third-order valence-electron chi connectivity index (χ3n) is 19.6. The Labute approximate surface area is 660 Å². The van der Waals surface area contributed by atoms with E-state index in [0.717, 1.165) is 71.9 Å². The number of carbonyl (C=O) groups is 3. The van der Waals surface area contributed by atoms with E-state index < -0.39 is 61.5 Å². The van der Waals surface area contributed by atoms with Crippen LogP contribution in [-0.2, 0) is 77.4 Å². The van der Waals surface area contributed by atoms with Crippen LogP contribution in [0.25, 0.3) is 33.4 Å². The third-order valence-corrected chi connectivity index (χ3v) is 28.2. The van der Waals surface area contributed by atoms with Gasteiger partial charge in [0, 0.05) is 65.3 Å². The maximum Gasteiger partial charge on any atom is 0.265 e. The van der Waals surface area contributed by atoms with E-state index in [1.807, 2.05) is 60.7 Å². The number of hydrogen-bond donors (Lipinski definition) is 6. The van der Waals surface area contributed by atoms with Gasteiger partial charge in [0.05, 0.1) is 34.5 Å². The Balaban J connectivity index is 0.000000176. The molecule has 0 saturated carbocycles. The molecule has 110 heavy (non-hydrogen) atoms. The minimum atomic E-state index is -4.07. The largest absolute Gasteiger partial charge is 0.494 e. The van der Waals surface area contributed by atoms with Crippen molar-refractivity contribution >= 4 is 93.6 Å². The summed E-state index contributed by atoms with van der Waals surface area (Å²) in [5, 5.41) is 29.9. The van der Waals surface area contributed by atoms with E-state index >= 15 is 0 Å². The summed E-state index contributed by atoms with van der Waals surface area (Å²) in [6, 6.07) is 62.1. The van der Waals surface area contributed by atoms with Crippen molar-refractivity contribution in [3.05, 3.63) is 249 Å². The van der Waals surface area contributed by atoms with E-state index in [2.05, 4.69) is 67.6 Å². The number of ether oxygens (including phenoxy) is 6. The number of hydroxylamine groups is 3. The van der Waals surface area contributed by atoms with Gasteiger partial charge in [0.25, 0.3) is 17.7 Å². The summed E-state index contributed by atoms with van der Waals surface area (Å²) in [4.78, 5) is 37.1. The van der Waals surface area contributed by atoms with Gasteiger partial charge in [-0.25, -0.2) is 41.7 Å². The fraction of sp³-hybridized carbons (Fsp3) is 0.305. The standard InChI is InChI=1S/C28H31NO6S.2C27H27Cl2NO6S/c1-21-7-9-23(10-8-21)24-6-2-4-22(20-24)5-3-17-35-25-11-13-26(14-12-25)36(32,33)28(27(30)29-31)15-18-34-19-16-28;28-21-6-11-24(25(29)18-21)20-5-1-3-19(17-20)4-2-14-36-22-7-9-23(10-8-22)37(33,34)27(26(31)30-32)12-15-35-16-13-27;28-22-16-21(17-23(29)18-22)20-5-1-3-19(15-20)4-2-12-36-24-6-8-25(9-7-24)37(33,34)27(26(31)30-32)10-13-35-14-11-27/h2,4,6-14,20,31H,3,5,15-19H2,1H3,(H,29,30);1,3,5-11,17-18,32H,2,4,12-16H2,(H,30,31);1,3,5-9,15-18,32H,2,4,10-14H2,(H,30,31). The monoisotopic (exact) mass is 1640 g/mol. The zero-order chi connectivity index (χ0) is 78.5. The number of amides is 3. The summed E-state index contributed by atoms with van der Waals surface area (Å²) >= 11 is 24.6. The van der Waals surface area contributed by atoms with Gasteiger partial charge in [-0.15, -0.1) is 0 Å². The van der Waals surface area contributed by atoms with Crippen molar-refractivity contribution in [3.8, 4) is 50.6 Å². The molecule has 0 radical (unpaired) electrons. The highest BCUT2D eigenvalue weighted by Gasteiger charge is 2.55. The average Bonchev–Trinajstić information content (AvgIpc) is 0.758. The molecule has 12 rings (SSSR count). The van der Waals surface area contributed by atoms with Gasteiger partial charge in [0.2, 0.25) is 0 Å². The summed E-state index contributed by atoms with van der Waals surface area (Å²) in [5.74, 6) is -1.23. The first kappa shape index (κ1) is 84.0. The van der Waals surface area contributed by atoms with Crippen molar-refractivity contribution in [2.45, 2.75) is 113 Å². The topological polar surface area (TPSA) is 306 Å². The van der Waals surface area contributed by atoms with Crippen LogP contribution in [0.3, 0.4) is 0 Å². The highest BCUT2D eigenvalue weighted by molar-refractivity contribution is 7.94. The van der Waals surface area contributed by atoms with Crippen LogP contribution in [-0.4, -0.2) is 132 Å². The van der Waals surface area contributed by atoms with Crippen LogP contribution in [0, 0.1) is 6.92 Å². The number of halogens is 4. The SMILES string of the molecule is Cc1ccc(-c2cccc(CCCOc3ccc(S(=O)(=O)C4(C(=O)NO)CCOCC4)cc3)c2)cc1.O=C(NO)C1(S(=O)(=O)c2ccc(OCCCc3cccc(-c4cc(Cl)cc(Cl)c4)c3)cc2)CCOCC1.O=C(NO)C1(S(=O)(=O)c2ccc(OCCCc3cccc(-c4ccc(Cl)cc4Cl)c3)cc2)CCOCC1. The first-order valence-electron chi connectivity index (χ1n) is 35.6. The maximum absolute atomic E-state index is 13.3. The summed E-state index contributed by atoms with van der Waals surface area (Å²) in [6.07, 6.45) is 4.54. The average molecular weight is 1640 g/mol. The molecule has 28 heteroatoms. The molecule has 3 amide bonds. The van der Waals surface area contributed by atoms with Crippen molar-refractivity contribution in [1.29, 1.82) is 0 Å². The number of aryl methyl sites for hydroxylation is 4. The smallest absolute Gasteiger partial charge is 0.265 e. The van der Waals surface area contributed by atoms with E-state index in [-0.39, 0.29) is 92.9 Å². The van der Waals surface area contributed by atoms with Crippen LogP contribution in [0.15, 0.2) is 221 Å². The molecule has 3 saturated heterocycles. The highest BCUT2D eigenvalue weighted by atomic mass is 35.5. The van der Waals surface area contributed by atoms with Crippen LogP contribution in [0.4, 0.5) is 0 Å². The van der Waals surface area contributed by atoms with Crippen molar-refractivity contribution in [2.75, 3.05) is 59.5 Å². The van der Waals surface area contributed by atoms with Crippen molar-refractivity contribution in [2.24, 2.45) is 0 Å². The minimum absolute atomic E-state index is 0.00766. The van der Waals surface area contributed by atoms with Gasteiger partial charge in [-0.1, -0.05) is 155 Å². The molecular formula is C82H85Cl4N3O18S3. The zero-order valence-electron chi connectivity index (χ0n) is 60.2. The van der Waals surface area contributed by atoms with Gasteiger partial charge in [-0.2, -0.15) is 0 Å². The van der Waals surface area contributed by atoms with Crippen LogP contribution in [0.2, 0.25) is 20.1 Å². The number of sulfone groups is 3. The number of hydrogen-bond acceptors (Lipinski definition) is 18. The quantitative estimate of drug-likeness (QED) is 0.0158. The Morgan fingerprint density at radius 2 is 0.700 bits per heavy atom. The molecule has 582 valence electrons. The molecule has 0 spiro atoms. The van der Waals surface area contributed by atoms with Crippen LogP contribution in [0.5, 0.6) is 17.2 Å². The highest BCUT2D eigenvalue weighted by Crippen LogP contribution is 2.40. The molecule has 3 aliphatic heterocycles. The first-order valence-corrected chi connectivity index (χ1v) is 41.6. The Morgan fingerprint density at radius 3 is 1.04 bits per heavy atom. The first-order chi connectivity index (χ1) is 52.9. The molecule has 0 aliphatic carbocycles. The van der Waals surface area contributed by atoms with E-state index in [1.165, 1.54) is 75.1 Å². The maximum atomic E-state index is 13.3. The molecule has 0 unspecified atom stereocenters. The molecule has 9 aromatic rings. The van der Waals surface area contributed by atoms with Gasteiger partial charge in [0.1, 0.15) is 17.2 Å². The lowest BCUT2D eigenvalue weighted by Gasteiger charge is -2.34. The molecular weight excluding hydrogens is 1550 g/mol. The predicted molar refractivity (Wildman–Crippen MR) is 421 cm³/mol. The molecule has 0 bridgehead atoms. The second-order valence-electron chi connectivity index (χ2n) is 26.7. The lowest BCUT2D eigenvalue weighted by molar-refractivity contribution is -0.135. The van der Waals surface area contributed by atoms with Crippen LogP contribution < -0.4 is 30.7 Å². The molecule has 3 aliphatic rings. The predicted octanol–water partition coefficient (Wildman–Crippen LogP) is 15.5. The second-order valence-corrected chi connectivity index (χ2v) is 35.2. The molecule has 3 heterocycles. The minimum Gasteiger partial charge on any atom is -0.494 e. The van der Waals surface area contributed by atoms with E-state index in [9.17, 15) is 39.6 Å². The Bertz CT molecular complexity index is 4960. The fourth-order valence-electron chi connectivity index (χ4n) is 13.4. The zero-order valence-corrected chi connectivity index (χ0v) is 65.7. The number of carbonyl (C=O) groups excluding carboxylic acids is 3. The van der Waals surface area contributed by atoms with E-state index in [4.69, 9.17) is 90.4 Å². The molecule has 21 nitrogen and oxygen atoms in total. The van der Waals surface area contributed by atoms with E-state index in [1.54, 1.807) is 48.5 Å². The van der Waals surface area contributed by atoms with E-state index in [0.29, 0.717) is 57.2 Å². The Morgan fingerprint density at radius 1 is 0.373 bits per heavy atom. The van der Waals surface area contributed by atoms with Crippen LogP contribution >= 0.6 is 46.4 Å². The summed E-state index contributed by atoms with van der Waals surface area (Å²) in [6.45, 7) is 4.14. The number of rotatable bonds is 27. The molecule has 0 aromatic heterocycles. The summed E-state index contributed by atoms with van der Waals surface area (Å²) in [5.41, 5.74) is 15.6. The molecule has 3 fully saturated rings. The number of benzene rings is 9. The van der Waals surface area contributed by atoms with Gasteiger partial charge in [0.15, 0.2) is 43.8 Å². The van der Waals surface area contributed by atoms with Crippen molar-refractivity contribution < 1.29 is 83.7 Å². The van der Waals surface area contributed by atoms with Gasteiger partial charge in [-0.3, -0.25) is 30.0 Å². The molecule has 0 atom stereocenters. The van der Waals surface area contributed by atoms with Crippen LogP contribution in [0.1, 0.15) is 80.0 Å². The van der Waals surface area contributed by atoms with Crippen molar-refractivity contribution in [3.63, 3.8) is 0 Å². The normalized spacial score (nSPS) is 15.2. The van der Waals surface area contributed by atoms with Gasteiger partial charge >= 0.3 is 0 Å². The second kappa shape index (κ2) is 38.7. The van der Waals surface area contributed by atoms with Crippen molar-refractivity contribution in [1.82, 2.24) is 16.4 Å². The summed E-state index contributed by atoms with van der Waals surface area (Å²) in [7, 11) is -12.2. The molecule has 6 N–H and O–H groups in total. The third kappa shape index (κ3) is 20.2. The molecule has 9 aromatic carbocycles. The number of nitrogens with one attached hydrogen (secondary N) is 3. The summed E-state index contributed by atoms with van der Waals surface area (Å²) < 4.78 is 108. The van der Waals surface area contributed by atoms with Gasteiger partial charge < -0.3 is 28.4 Å². The van der Waals surface area contributed by atoms with Gasteiger partial charge in [-0.05, 0) is 232 Å². The Hall–Kier alpha value is -8.44. The lowest BCUT2D eigenvalue weighted by Crippen LogP contribution is -2.54. The lowest BCUT2D eigenvalue weighted by atomic mass is 9.98.